The van der Waals surface area contributed by atoms with Gasteiger partial charge in [0.15, 0.2) is 0 Å². The van der Waals surface area contributed by atoms with Crippen LogP contribution in [0.5, 0.6) is 5.75 Å². The summed E-state index contributed by atoms with van der Waals surface area (Å²) in [5.41, 5.74) is -1.65. The molecule has 1 aliphatic heterocycles. The van der Waals surface area contributed by atoms with Crippen molar-refractivity contribution >= 4 is 31.2 Å². The summed E-state index contributed by atoms with van der Waals surface area (Å²) in [6.45, 7) is 4.15. The van der Waals surface area contributed by atoms with E-state index in [1.807, 2.05) is 0 Å². The molecule has 1 aromatic heterocycles. The number of benzene rings is 1. The van der Waals surface area contributed by atoms with E-state index in [0.717, 1.165) is 21.4 Å². The Balaban J connectivity index is 2.16. The Morgan fingerprint density at radius 3 is 2.68 bits per heavy atom. The fourth-order valence-corrected chi connectivity index (χ4v) is 5.92. The topological polar surface area (TPSA) is 37.9 Å². The van der Waals surface area contributed by atoms with Crippen molar-refractivity contribution in [2.45, 2.75) is 28.6 Å². The van der Waals surface area contributed by atoms with E-state index in [-0.39, 0.29) is 41.7 Å². The van der Waals surface area contributed by atoms with Gasteiger partial charge in [0.1, 0.15) is 0 Å². The molecule has 1 N–H and O–H groups in total. The predicted molar refractivity (Wildman–Crippen MR) is 80.9 cm³/mol. The SMILES string of the molecule is COc1cc2c(cc1SC(F)(F)F)[Se]C(C)(C)c1[nH]cnc1-2. The molecule has 0 saturated heterocycles. The predicted octanol–water partition coefficient (Wildman–Crippen LogP) is 3.28. The van der Waals surface area contributed by atoms with Gasteiger partial charge in [-0.15, -0.1) is 0 Å². The van der Waals surface area contributed by atoms with Crippen molar-refractivity contribution in [3.8, 4) is 17.0 Å². The van der Waals surface area contributed by atoms with E-state index >= 15 is 0 Å². The number of fused-ring (bicyclic) bond motifs is 3. The first-order valence-electron chi connectivity index (χ1n) is 6.42. The molecule has 0 amide bonds. The normalized spacial score (nSPS) is 16.1. The summed E-state index contributed by atoms with van der Waals surface area (Å²) in [5, 5.41) is 0. The van der Waals surface area contributed by atoms with Gasteiger partial charge in [-0.25, -0.2) is 0 Å². The van der Waals surface area contributed by atoms with Gasteiger partial charge in [0.05, 0.1) is 0 Å². The Labute approximate surface area is 136 Å². The average molecular weight is 393 g/mol. The summed E-state index contributed by atoms with van der Waals surface area (Å²) in [5.74, 6) is 0.227. The third-order valence-corrected chi connectivity index (χ3v) is 6.79. The number of halogens is 3. The summed E-state index contributed by atoms with van der Waals surface area (Å²) < 4.78 is 44.1. The summed E-state index contributed by atoms with van der Waals surface area (Å²) >= 11 is -0.140. The van der Waals surface area contributed by atoms with Crippen molar-refractivity contribution in [3.05, 3.63) is 24.2 Å². The minimum absolute atomic E-state index is 0.00491. The van der Waals surface area contributed by atoms with Crippen molar-refractivity contribution in [1.29, 1.82) is 0 Å². The molecule has 8 heteroatoms. The van der Waals surface area contributed by atoms with Crippen LogP contribution in [0.2, 0.25) is 0 Å². The number of rotatable bonds is 2. The Hall–Kier alpha value is -1.11. The summed E-state index contributed by atoms with van der Waals surface area (Å²) in [6.07, 6.45) is 1.63. The summed E-state index contributed by atoms with van der Waals surface area (Å²) in [7, 11) is 1.38. The molecule has 1 aromatic carbocycles. The van der Waals surface area contributed by atoms with E-state index in [4.69, 9.17) is 4.74 Å². The van der Waals surface area contributed by atoms with Gasteiger partial charge < -0.3 is 0 Å². The van der Waals surface area contributed by atoms with Gasteiger partial charge in [-0.1, -0.05) is 0 Å². The molecule has 0 spiro atoms. The third-order valence-electron chi connectivity index (χ3n) is 3.35. The molecule has 3 nitrogen and oxygen atoms in total. The standard InChI is InChI=1S/C14H13F3N2OSSe/c1-13(2)12-11(18-6-19-12)7-4-8(20-3)9(5-10(7)22-13)21-14(15,16)17/h4-6H,1-3H3,(H,18,19). The number of hydrogen-bond acceptors (Lipinski definition) is 3. The second kappa shape index (κ2) is 5.22. The number of aromatic amines is 1. The number of hydrogen-bond donors (Lipinski definition) is 1. The van der Waals surface area contributed by atoms with E-state index < -0.39 is 5.51 Å². The van der Waals surface area contributed by atoms with Crippen LogP contribution in [0.25, 0.3) is 11.3 Å². The second-order valence-corrected chi connectivity index (χ2v) is 9.88. The maximum atomic E-state index is 12.7. The zero-order valence-electron chi connectivity index (χ0n) is 12.0. The van der Waals surface area contributed by atoms with Gasteiger partial charge in [-0.3, -0.25) is 0 Å². The van der Waals surface area contributed by atoms with Gasteiger partial charge in [-0.05, 0) is 0 Å². The van der Waals surface area contributed by atoms with Gasteiger partial charge in [0.2, 0.25) is 0 Å². The van der Waals surface area contributed by atoms with Crippen LogP contribution in [0.4, 0.5) is 13.2 Å². The number of aromatic nitrogens is 2. The molecule has 22 heavy (non-hydrogen) atoms. The van der Waals surface area contributed by atoms with Gasteiger partial charge >= 0.3 is 136 Å². The number of H-pyrrole nitrogens is 1. The number of alkyl halides is 3. The molecule has 0 saturated carbocycles. The van der Waals surface area contributed by atoms with Crippen LogP contribution in [-0.2, 0) is 4.31 Å². The molecular formula is C14H13F3N2OSSe. The molecule has 2 aromatic rings. The quantitative estimate of drug-likeness (QED) is 0.629. The van der Waals surface area contributed by atoms with Crippen LogP contribution in [-0.4, -0.2) is 37.5 Å². The number of thioether (sulfide) groups is 1. The second-order valence-electron chi connectivity index (χ2n) is 5.29. The Morgan fingerprint density at radius 1 is 1.32 bits per heavy atom. The van der Waals surface area contributed by atoms with Crippen LogP contribution in [0.15, 0.2) is 23.4 Å². The zero-order valence-corrected chi connectivity index (χ0v) is 14.6. The molecule has 0 atom stereocenters. The number of methoxy groups -OCH3 is 1. The van der Waals surface area contributed by atoms with E-state index in [0.29, 0.717) is 0 Å². The van der Waals surface area contributed by atoms with E-state index in [1.54, 1.807) is 18.5 Å². The molecule has 0 unspecified atom stereocenters. The van der Waals surface area contributed by atoms with Crippen LogP contribution < -0.4 is 9.20 Å². The first-order valence-corrected chi connectivity index (χ1v) is 8.95. The third kappa shape index (κ3) is 2.75. The molecule has 0 bridgehead atoms. The average Bonchev–Trinajstić information content (AvgIpc) is 2.86. The maximum absolute atomic E-state index is 12.7. The van der Waals surface area contributed by atoms with Crippen molar-refractivity contribution in [2.24, 2.45) is 0 Å². The molecular weight excluding hydrogens is 380 g/mol. The fraction of sp³-hybridized carbons (Fsp3) is 0.357. The minimum atomic E-state index is -4.34. The Bertz CT molecular complexity index is 727. The molecule has 1 aliphatic rings. The van der Waals surface area contributed by atoms with Crippen LogP contribution >= 0.6 is 11.8 Å². The van der Waals surface area contributed by atoms with Crippen LogP contribution in [0.1, 0.15) is 19.5 Å². The van der Waals surface area contributed by atoms with Crippen molar-refractivity contribution in [2.75, 3.05) is 7.11 Å². The van der Waals surface area contributed by atoms with Gasteiger partial charge in [-0.2, -0.15) is 0 Å². The molecule has 0 radical (unpaired) electrons. The van der Waals surface area contributed by atoms with Crippen molar-refractivity contribution in [1.82, 2.24) is 9.97 Å². The number of nitrogens with one attached hydrogen (secondary N) is 1. The number of imidazole rings is 1. The Morgan fingerprint density at radius 2 is 2.05 bits per heavy atom. The molecule has 118 valence electrons. The molecule has 0 fully saturated rings. The zero-order chi connectivity index (χ0) is 16.1. The van der Waals surface area contributed by atoms with Crippen molar-refractivity contribution < 1.29 is 17.9 Å². The van der Waals surface area contributed by atoms with Crippen LogP contribution in [0.3, 0.4) is 0 Å². The van der Waals surface area contributed by atoms with E-state index in [2.05, 4.69) is 23.8 Å². The first-order chi connectivity index (χ1) is 10.2. The fourth-order valence-electron chi connectivity index (χ4n) is 2.46. The van der Waals surface area contributed by atoms with E-state index in [9.17, 15) is 13.2 Å². The number of nitrogens with zero attached hydrogens (tertiary/aromatic N) is 1. The molecule has 0 aliphatic carbocycles. The van der Waals surface area contributed by atoms with Crippen LogP contribution in [0, 0.1) is 0 Å². The molecule has 3 rings (SSSR count). The number of ether oxygens (including phenoxy) is 1. The Kier molecular flexibility index (Phi) is 3.74. The van der Waals surface area contributed by atoms with Gasteiger partial charge in [0, 0.05) is 0 Å². The summed E-state index contributed by atoms with van der Waals surface area (Å²) in [4.78, 5) is 7.60. The molecule has 2 heterocycles. The monoisotopic (exact) mass is 394 g/mol. The van der Waals surface area contributed by atoms with Gasteiger partial charge in [0.25, 0.3) is 0 Å². The first kappa shape index (κ1) is 15.8. The summed E-state index contributed by atoms with van der Waals surface area (Å²) in [6, 6.07) is 3.27. The van der Waals surface area contributed by atoms with Crippen molar-refractivity contribution in [3.63, 3.8) is 0 Å². The van der Waals surface area contributed by atoms with E-state index in [1.165, 1.54) is 7.11 Å².